The molecule has 140 valence electrons. The Balaban J connectivity index is 1.74. The van der Waals surface area contributed by atoms with Crippen molar-refractivity contribution in [1.82, 2.24) is 15.2 Å². The van der Waals surface area contributed by atoms with Crippen LogP contribution < -0.4 is 10.2 Å². The van der Waals surface area contributed by atoms with Crippen LogP contribution in [-0.2, 0) is 14.3 Å². The Labute approximate surface area is 153 Å². The van der Waals surface area contributed by atoms with E-state index >= 15 is 0 Å². The Hall–Kier alpha value is -2.66. The molecule has 1 aromatic rings. The molecule has 2 rings (SSSR count). The molecule has 1 aromatic heterocycles. The number of ether oxygens (including phenoxy) is 1. The highest BCUT2D eigenvalue weighted by Gasteiger charge is 2.19. The van der Waals surface area contributed by atoms with Gasteiger partial charge in [-0.2, -0.15) is 5.26 Å². The average molecular weight is 359 g/mol. The minimum atomic E-state index is -0.0691. The van der Waals surface area contributed by atoms with Crippen molar-refractivity contribution >= 4 is 17.6 Å². The Morgan fingerprint density at radius 2 is 2.04 bits per heavy atom. The Bertz CT molecular complexity index is 641. The molecule has 1 saturated heterocycles. The first-order valence-corrected chi connectivity index (χ1v) is 8.81. The Morgan fingerprint density at radius 1 is 1.23 bits per heavy atom. The van der Waals surface area contributed by atoms with Crippen molar-refractivity contribution in [2.24, 2.45) is 0 Å². The van der Waals surface area contributed by atoms with E-state index in [9.17, 15) is 9.59 Å². The maximum Gasteiger partial charge on any atom is 0.224 e. The number of pyridine rings is 1. The van der Waals surface area contributed by atoms with E-state index in [1.807, 2.05) is 11.0 Å². The fraction of sp³-hybridized carbons (Fsp3) is 0.556. The summed E-state index contributed by atoms with van der Waals surface area (Å²) < 4.78 is 5.36. The number of carbonyl (C=O) groups is 2. The van der Waals surface area contributed by atoms with Crippen LogP contribution in [0.2, 0.25) is 0 Å². The summed E-state index contributed by atoms with van der Waals surface area (Å²) in [6.07, 6.45) is 3.06. The Morgan fingerprint density at radius 3 is 2.73 bits per heavy atom. The maximum absolute atomic E-state index is 12.3. The third-order valence-electron chi connectivity index (χ3n) is 4.26. The van der Waals surface area contributed by atoms with Gasteiger partial charge in [-0.05, 0) is 18.6 Å². The summed E-state index contributed by atoms with van der Waals surface area (Å²) in [5.74, 6) is 0.829. The second kappa shape index (κ2) is 10.4. The van der Waals surface area contributed by atoms with Crippen molar-refractivity contribution in [1.29, 1.82) is 5.26 Å². The summed E-state index contributed by atoms with van der Waals surface area (Å²) in [5, 5.41) is 11.4. The number of hydrogen-bond acceptors (Lipinski definition) is 6. The van der Waals surface area contributed by atoms with Crippen molar-refractivity contribution in [3.05, 3.63) is 23.9 Å². The standard InChI is InChI=1S/C18H25N5O3/c1-20-17(24)5-11-26-12-6-18(25)23-8-2-7-22(9-10-23)16-4-3-15(13-19)14-21-16/h3-4,14H,2,5-12H2,1H3,(H,20,24). The lowest BCUT2D eigenvalue weighted by Gasteiger charge is -2.23. The van der Waals surface area contributed by atoms with Gasteiger partial charge in [0.2, 0.25) is 11.8 Å². The number of rotatable bonds is 7. The van der Waals surface area contributed by atoms with Gasteiger partial charge in [-0.3, -0.25) is 9.59 Å². The number of anilines is 1. The summed E-state index contributed by atoms with van der Waals surface area (Å²) in [4.78, 5) is 31.7. The van der Waals surface area contributed by atoms with E-state index in [-0.39, 0.29) is 11.8 Å². The number of nitrogens with zero attached hydrogens (tertiary/aromatic N) is 4. The fourth-order valence-corrected chi connectivity index (χ4v) is 2.74. The second-order valence-corrected chi connectivity index (χ2v) is 6.02. The molecule has 1 aliphatic rings. The molecule has 0 saturated carbocycles. The predicted molar refractivity (Wildman–Crippen MR) is 96.5 cm³/mol. The van der Waals surface area contributed by atoms with Gasteiger partial charge in [0.25, 0.3) is 0 Å². The first kappa shape index (κ1) is 19.7. The minimum absolute atomic E-state index is 0.0691. The minimum Gasteiger partial charge on any atom is -0.380 e. The smallest absolute Gasteiger partial charge is 0.224 e. The number of nitriles is 1. The topological polar surface area (TPSA) is 98.6 Å². The number of nitrogens with one attached hydrogen (secondary N) is 1. The van der Waals surface area contributed by atoms with Crippen molar-refractivity contribution in [3.8, 4) is 6.07 Å². The molecule has 0 aromatic carbocycles. The normalized spacial score (nSPS) is 14.5. The van der Waals surface area contributed by atoms with Crippen LogP contribution in [0.4, 0.5) is 5.82 Å². The van der Waals surface area contributed by atoms with Crippen molar-refractivity contribution in [2.75, 3.05) is 51.3 Å². The number of carbonyl (C=O) groups excluding carboxylic acids is 2. The van der Waals surface area contributed by atoms with Gasteiger partial charge in [0.05, 0.1) is 25.2 Å². The van der Waals surface area contributed by atoms with Gasteiger partial charge >= 0.3 is 0 Å². The molecule has 2 heterocycles. The molecule has 0 atom stereocenters. The van der Waals surface area contributed by atoms with E-state index in [2.05, 4.69) is 21.3 Å². The first-order valence-electron chi connectivity index (χ1n) is 8.81. The van der Waals surface area contributed by atoms with E-state index in [1.54, 1.807) is 19.3 Å². The van der Waals surface area contributed by atoms with Crippen LogP contribution in [0.15, 0.2) is 18.3 Å². The van der Waals surface area contributed by atoms with Crippen molar-refractivity contribution < 1.29 is 14.3 Å². The van der Waals surface area contributed by atoms with Crippen molar-refractivity contribution in [2.45, 2.75) is 19.3 Å². The van der Waals surface area contributed by atoms with Crippen molar-refractivity contribution in [3.63, 3.8) is 0 Å². The number of aromatic nitrogens is 1. The van der Waals surface area contributed by atoms with Crippen LogP contribution in [0.25, 0.3) is 0 Å². The van der Waals surface area contributed by atoms with E-state index in [0.717, 1.165) is 18.8 Å². The largest absolute Gasteiger partial charge is 0.380 e. The number of amides is 2. The average Bonchev–Trinajstić information content (AvgIpc) is 2.93. The van der Waals surface area contributed by atoms with Gasteiger partial charge in [-0.25, -0.2) is 4.98 Å². The highest BCUT2D eigenvalue weighted by Crippen LogP contribution is 2.14. The summed E-state index contributed by atoms with van der Waals surface area (Å²) in [6.45, 7) is 3.54. The predicted octanol–water partition coefficient (Wildman–Crippen LogP) is 0.535. The van der Waals surface area contributed by atoms with Gasteiger partial charge in [0.15, 0.2) is 0 Å². The highest BCUT2D eigenvalue weighted by atomic mass is 16.5. The number of hydrogen-bond donors (Lipinski definition) is 1. The van der Waals surface area contributed by atoms with Gasteiger partial charge in [0, 0.05) is 45.8 Å². The van der Waals surface area contributed by atoms with Crippen LogP contribution in [0.1, 0.15) is 24.8 Å². The van der Waals surface area contributed by atoms with Gasteiger partial charge < -0.3 is 19.9 Å². The molecular formula is C18H25N5O3. The quantitative estimate of drug-likeness (QED) is 0.713. The molecule has 0 unspecified atom stereocenters. The van der Waals surface area contributed by atoms with E-state index in [1.165, 1.54) is 0 Å². The lowest BCUT2D eigenvalue weighted by atomic mass is 10.3. The molecule has 0 spiro atoms. The van der Waals surface area contributed by atoms with Gasteiger partial charge in [0.1, 0.15) is 11.9 Å². The zero-order valence-corrected chi connectivity index (χ0v) is 15.1. The summed E-state index contributed by atoms with van der Waals surface area (Å²) in [5.41, 5.74) is 0.539. The molecule has 1 fully saturated rings. The summed E-state index contributed by atoms with van der Waals surface area (Å²) in [7, 11) is 1.59. The molecule has 0 radical (unpaired) electrons. The monoisotopic (exact) mass is 359 g/mol. The molecule has 2 amide bonds. The molecule has 0 aliphatic carbocycles. The zero-order chi connectivity index (χ0) is 18.8. The van der Waals surface area contributed by atoms with Gasteiger partial charge in [-0.15, -0.1) is 0 Å². The molecular weight excluding hydrogens is 334 g/mol. The second-order valence-electron chi connectivity index (χ2n) is 6.02. The third-order valence-corrected chi connectivity index (χ3v) is 4.26. The maximum atomic E-state index is 12.3. The van der Waals surface area contributed by atoms with Crippen LogP contribution in [0.5, 0.6) is 0 Å². The van der Waals surface area contributed by atoms with Crippen LogP contribution in [-0.4, -0.2) is 68.1 Å². The van der Waals surface area contributed by atoms with Crippen LogP contribution >= 0.6 is 0 Å². The van der Waals surface area contributed by atoms with E-state index in [0.29, 0.717) is 51.3 Å². The van der Waals surface area contributed by atoms with E-state index < -0.39 is 0 Å². The molecule has 26 heavy (non-hydrogen) atoms. The molecule has 0 bridgehead atoms. The highest BCUT2D eigenvalue weighted by molar-refractivity contribution is 5.76. The molecule has 8 heteroatoms. The first-order chi connectivity index (χ1) is 12.6. The van der Waals surface area contributed by atoms with Gasteiger partial charge in [-0.1, -0.05) is 0 Å². The Kier molecular flexibility index (Phi) is 7.83. The zero-order valence-electron chi connectivity index (χ0n) is 15.1. The van der Waals surface area contributed by atoms with Crippen LogP contribution in [0.3, 0.4) is 0 Å². The van der Waals surface area contributed by atoms with Crippen LogP contribution in [0, 0.1) is 11.3 Å². The van der Waals surface area contributed by atoms with E-state index in [4.69, 9.17) is 10.00 Å². The molecule has 1 N–H and O–H groups in total. The fourth-order valence-electron chi connectivity index (χ4n) is 2.74. The summed E-state index contributed by atoms with van der Waals surface area (Å²) >= 11 is 0. The lowest BCUT2D eigenvalue weighted by molar-refractivity contribution is -0.132. The molecule has 1 aliphatic heterocycles. The molecule has 8 nitrogen and oxygen atoms in total. The summed E-state index contributed by atoms with van der Waals surface area (Å²) in [6, 6.07) is 5.66. The SMILES string of the molecule is CNC(=O)CCOCCC(=O)N1CCCN(c2ccc(C#N)cn2)CC1. The third kappa shape index (κ3) is 6.01. The lowest BCUT2D eigenvalue weighted by Crippen LogP contribution is -2.35.